The maximum atomic E-state index is 12.9. The lowest BCUT2D eigenvalue weighted by Crippen LogP contribution is -2.27. The van der Waals surface area contributed by atoms with E-state index < -0.39 is 0 Å². The Morgan fingerprint density at radius 3 is 2.81 bits per heavy atom. The van der Waals surface area contributed by atoms with Crippen LogP contribution in [0.1, 0.15) is 10.4 Å². The highest BCUT2D eigenvalue weighted by Gasteiger charge is 2.12. The Bertz CT molecular complexity index is 836. The number of rotatable bonds is 8. The minimum Gasteiger partial charge on any atom is -0.356 e. The average molecular weight is 409 g/mol. The molecule has 0 atom stereocenters. The Morgan fingerprint density at radius 2 is 2.08 bits per heavy atom. The number of carbonyl (C=O) groups is 1. The van der Waals surface area contributed by atoms with Gasteiger partial charge in [-0.1, -0.05) is 41.3 Å². The number of thiophene rings is 1. The lowest BCUT2D eigenvalue weighted by atomic mass is 10.2. The molecule has 0 fully saturated rings. The molecule has 1 amide bonds. The van der Waals surface area contributed by atoms with E-state index in [2.05, 4.69) is 15.5 Å². The predicted molar refractivity (Wildman–Crippen MR) is 105 cm³/mol. The average Bonchev–Trinajstić information content (AvgIpc) is 3.31. The minimum atomic E-state index is -0.253. The summed E-state index contributed by atoms with van der Waals surface area (Å²) >= 11 is 4.42. The molecule has 136 valence electrons. The Kier molecular flexibility index (Phi) is 6.59. The highest BCUT2D eigenvalue weighted by Crippen LogP contribution is 2.26. The zero-order valence-electron chi connectivity index (χ0n) is 14.0. The molecular weight excluding hydrogens is 391 g/mol. The van der Waals surface area contributed by atoms with Crippen LogP contribution in [-0.4, -0.2) is 33.8 Å². The van der Waals surface area contributed by atoms with E-state index in [-0.39, 0.29) is 11.7 Å². The van der Waals surface area contributed by atoms with Gasteiger partial charge >= 0.3 is 0 Å². The third-order valence-corrected chi connectivity index (χ3v) is 6.34. The molecule has 1 aromatic carbocycles. The molecule has 0 aliphatic carbocycles. The van der Waals surface area contributed by atoms with Gasteiger partial charge in [-0.2, -0.15) is 0 Å². The van der Waals surface area contributed by atoms with Gasteiger partial charge in [0.2, 0.25) is 11.0 Å². The summed E-state index contributed by atoms with van der Waals surface area (Å²) in [5, 5.41) is 14.0. The van der Waals surface area contributed by atoms with E-state index in [0.29, 0.717) is 24.0 Å². The largest absolute Gasteiger partial charge is 0.356 e. The number of halogens is 1. The summed E-state index contributed by atoms with van der Waals surface area (Å²) < 4.78 is 13.6. The smallest absolute Gasteiger partial charge is 0.233 e. The van der Waals surface area contributed by atoms with Gasteiger partial charge in [0.25, 0.3) is 0 Å². The fourth-order valence-corrected chi connectivity index (χ4v) is 4.52. The minimum absolute atomic E-state index is 0.0550. The van der Waals surface area contributed by atoms with Crippen molar-refractivity contribution < 1.29 is 9.18 Å². The Labute approximate surface area is 163 Å². The molecular formula is C17H17FN4OS3. The number of benzene rings is 1. The first kappa shape index (κ1) is 18.8. The molecule has 0 radical (unpaired) electrons. The second kappa shape index (κ2) is 9.11. The summed E-state index contributed by atoms with van der Waals surface area (Å²) in [5.74, 6) is 0.130. The normalized spacial score (nSPS) is 10.7. The highest BCUT2D eigenvalue weighted by molar-refractivity contribution is 8.01. The molecule has 1 N–H and O–H groups in total. The van der Waals surface area contributed by atoms with Crippen LogP contribution in [0.4, 0.5) is 9.52 Å². The zero-order valence-corrected chi connectivity index (χ0v) is 16.5. The van der Waals surface area contributed by atoms with Gasteiger partial charge in [0.15, 0.2) is 4.34 Å². The van der Waals surface area contributed by atoms with Gasteiger partial charge in [-0.25, -0.2) is 4.39 Å². The lowest BCUT2D eigenvalue weighted by molar-refractivity contribution is -0.127. The van der Waals surface area contributed by atoms with Gasteiger partial charge in [-0.05, 0) is 29.1 Å². The molecule has 2 aromatic heterocycles. The molecule has 26 heavy (non-hydrogen) atoms. The second-order valence-corrected chi connectivity index (χ2v) is 8.70. The predicted octanol–water partition coefficient (Wildman–Crippen LogP) is 4.10. The van der Waals surface area contributed by atoms with E-state index >= 15 is 0 Å². The van der Waals surface area contributed by atoms with Gasteiger partial charge in [0.1, 0.15) is 5.82 Å². The maximum absolute atomic E-state index is 12.9. The maximum Gasteiger partial charge on any atom is 0.233 e. The summed E-state index contributed by atoms with van der Waals surface area (Å²) in [6.45, 7) is 1.17. The molecule has 2 heterocycles. The van der Waals surface area contributed by atoms with E-state index in [1.165, 1.54) is 35.2 Å². The van der Waals surface area contributed by atoms with Gasteiger partial charge in [0, 0.05) is 18.5 Å². The molecule has 3 rings (SSSR count). The fourth-order valence-electron chi connectivity index (χ4n) is 2.08. The molecule has 0 spiro atoms. The summed E-state index contributed by atoms with van der Waals surface area (Å²) in [6.07, 6.45) is 0. The summed E-state index contributed by atoms with van der Waals surface area (Å²) in [4.78, 5) is 15.1. The molecule has 9 heteroatoms. The van der Waals surface area contributed by atoms with E-state index in [0.717, 1.165) is 14.8 Å². The first-order valence-electron chi connectivity index (χ1n) is 7.81. The van der Waals surface area contributed by atoms with Crippen LogP contribution in [0.15, 0.2) is 46.1 Å². The van der Waals surface area contributed by atoms with E-state index in [1.807, 2.05) is 17.5 Å². The fraction of sp³-hybridized carbons (Fsp3) is 0.235. The number of amides is 1. The zero-order chi connectivity index (χ0) is 18.4. The quantitative estimate of drug-likeness (QED) is 0.569. The monoisotopic (exact) mass is 408 g/mol. The van der Waals surface area contributed by atoms with Crippen LogP contribution in [0.25, 0.3) is 0 Å². The SMILES string of the molecule is CN(Cc1cccs1)C(=O)CSc1nnc(NCc2ccc(F)cc2)s1. The van der Waals surface area contributed by atoms with Crippen molar-refractivity contribution in [1.29, 1.82) is 0 Å². The summed E-state index contributed by atoms with van der Waals surface area (Å²) in [6, 6.07) is 10.3. The molecule has 0 aliphatic rings. The van der Waals surface area contributed by atoms with Crippen LogP contribution in [0, 0.1) is 5.82 Å². The number of aromatic nitrogens is 2. The second-order valence-electron chi connectivity index (χ2n) is 5.47. The van der Waals surface area contributed by atoms with Crippen molar-refractivity contribution in [2.75, 3.05) is 18.1 Å². The van der Waals surface area contributed by atoms with Gasteiger partial charge in [-0.3, -0.25) is 4.79 Å². The molecule has 0 saturated carbocycles. The first-order valence-corrected chi connectivity index (χ1v) is 10.5. The Balaban J connectivity index is 1.44. The number of hydrogen-bond donors (Lipinski definition) is 1. The van der Waals surface area contributed by atoms with E-state index in [9.17, 15) is 9.18 Å². The molecule has 3 aromatic rings. The third kappa shape index (κ3) is 5.52. The summed E-state index contributed by atoms with van der Waals surface area (Å²) in [5.41, 5.74) is 0.959. The van der Waals surface area contributed by atoms with Crippen molar-refractivity contribution in [2.45, 2.75) is 17.4 Å². The summed E-state index contributed by atoms with van der Waals surface area (Å²) in [7, 11) is 1.80. The number of nitrogens with zero attached hydrogens (tertiary/aromatic N) is 3. The van der Waals surface area contributed by atoms with Crippen molar-refractivity contribution in [3.8, 4) is 0 Å². The Hall–Kier alpha value is -1.97. The molecule has 0 saturated heterocycles. The number of thioether (sulfide) groups is 1. The topological polar surface area (TPSA) is 58.1 Å². The van der Waals surface area contributed by atoms with Crippen molar-refractivity contribution in [1.82, 2.24) is 15.1 Å². The van der Waals surface area contributed by atoms with Crippen LogP contribution in [0.2, 0.25) is 0 Å². The van der Waals surface area contributed by atoms with Gasteiger partial charge in [0.05, 0.1) is 12.3 Å². The Morgan fingerprint density at radius 1 is 1.27 bits per heavy atom. The highest BCUT2D eigenvalue weighted by atomic mass is 32.2. The van der Waals surface area contributed by atoms with E-state index in [4.69, 9.17) is 0 Å². The van der Waals surface area contributed by atoms with Gasteiger partial charge in [-0.15, -0.1) is 21.5 Å². The molecule has 5 nitrogen and oxygen atoms in total. The molecule has 0 bridgehead atoms. The van der Waals surface area contributed by atoms with Gasteiger partial charge < -0.3 is 10.2 Å². The molecule has 0 aliphatic heterocycles. The number of nitrogens with one attached hydrogen (secondary N) is 1. The standard InChI is InChI=1S/C17H17FN4OS3/c1-22(10-14-3-2-8-24-14)15(23)11-25-17-21-20-16(26-17)19-9-12-4-6-13(18)7-5-12/h2-8H,9-11H2,1H3,(H,19,20). The van der Waals surface area contributed by atoms with Crippen LogP contribution in [-0.2, 0) is 17.9 Å². The number of anilines is 1. The van der Waals surface area contributed by atoms with Crippen LogP contribution >= 0.6 is 34.4 Å². The number of hydrogen-bond acceptors (Lipinski definition) is 7. The first-order chi connectivity index (χ1) is 12.6. The van der Waals surface area contributed by atoms with Crippen LogP contribution in [0.3, 0.4) is 0 Å². The lowest BCUT2D eigenvalue weighted by Gasteiger charge is -2.15. The van der Waals surface area contributed by atoms with Crippen molar-refractivity contribution in [3.05, 3.63) is 58.0 Å². The van der Waals surface area contributed by atoms with Crippen LogP contribution in [0.5, 0.6) is 0 Å². The van der Waals surface area contributed by atoms with Crippen molar-refractivity contribution in [2.24, 2.45) is 0 Å². The number of carbonyl (C=O) groups excluding carboxylic acids is 1. The molecule has 0 unspecified atom stereocenters. The van der Waals surface area contributed by atoms with Crippen molar-refractivity contribution in [3.63, 3.8) is 0 Å². The van der Waals surface area contributed by atoms with Crippen molar-refractivity contribution >= 4 is 45.5 Å². The third-order valence-electron chi connectivity index (χ3n) is 3.48. The van der Waals surface area contributed by atoms with Crippen LogP contribution < -0.4 is 5.32 Å². The van der Waals surface area contributed by atoms with E-state index in [1.54, 1.807) is 35.4 Å².